The summed E-state index contributed by atoms with van der Waals surface area (Å²) in [5, 5.41) is 32.2. The number of ketones is 3. The Labute approximate surface area is 578 Å². The Kier molecular flexibility index (Phi) is 28.5. The first kappa shape index (κ1) is 70.2. The van der Waals surface area contributed by atoms with Gasteiger partial charge in [-0.05, 0) is 109 Å². The molecule has 0 atom stereocenters. The van der Waals surface area contributed by atoms with E-state index in [1.165, 1.54) is 45.4 Å². The molecule has 0 saturated carbocycles. The predicted molar refractivity (Wildman–Crippen MR) is 384 cm³/mol. The van der Waals surface area contributed by atoms with Crippen molar-refractivity contribution < 1.29 is 57.0 Å². The average molecular weight is 1640 g/mol. The molecule has 3 aromatic heterocycles. The number of nitrogens with zero attached hydrogens (tertiary/aromatic N) is 4. The zero-order valence-electron chi connectivity index (χ0n) is 49.3. The first-order chi connectivity index (χ1) is 43.4. The first-order valence-electron chi connectivity index (χ1n) is 29.5. The maximum absolute atomic E-state index is 13.5. The minimum atomic E-state index is -1.50. The second-order valence-corrected chi connectivity index (χ2v) is 24.1. The Morgan fingerprint density at radius 2 is 0.744 bits per heavy atom. The van der Waals surface area contributed by atoms with Crippen molar-refractivity contribution in [1.29, 1.82) is 0 Å². The largest absolute Gasteiger partial charge is 0.360 e. The van der Waals surface area contributed by atoms with Crippen molar-refractivity contribution in [2.45, 2.75) is 70.9 Å². The van der Waals surface area contributed by atoms with E-state index in [9.17, 15) is 24.5 Å². The number of para-hydroxylation sites is 3. The molecule has 9 aromatic carbocycles. The Morgan fingerprint density at radius 1 is 0.411 bits per heavy atom. The van der Waals surface area contributed by atoms with E-state index in [0.29, 0.717) is 17.5 Å². The summed E-state index contributed by atoms with van der Waals surface area (Å²) in [7, 11) is 0. The number of alkyl halides is 3. The summed E-state index contributed by atoms with van der Waals surface area (Å²) < 4.78 is 8.21. The van der Waals surface area contributed by atoms with Gasteiger partial charge in [0, 0.05) is 120 Å². The summed E-state index contributed by atoms with van der Waals surface area (Å²) >= 11 is 7.28. The molecule has 0 bridgehead atoms. The molecule has 0 aliphatic carbocycles. The molecule has 0 unspecified atom stereocenters. The Hall–Kier alpha value is -7.28. The van der Waals surface area contributed by atoms with Gasteiger partial charge in [0.25, 0.3) is 10.2 Å². The van der Waals surface area contributed by atoms with Crippen molar-refractivity contribution >= 4 is 150 Å². The Bertz CT molecular complexity index is 4330. The van der Waals surface area contributed by atoms with Crippen molar-refractivity contribution in [3.63, 3.8) is 0 Å². The second kappa shape index (κ2) is 36.5. The summed E-state index contributed by atoms with van der Waals surface area (Å²) in [5.41, 5.74) is 7.60. The molecule has 467 valence electrons. The van der Waals surface area contributed by atoms with Crippen LogP contribution in [0.2, 0.25) is 0 Å². The minimum absolute atomic E-state index is 0. The van der Waals surface area contributed by atoms with Gasteiger partial charge in [-0.1, -0.05) is 263 Å². The minimum Gasteiger partial charge on any atom is -0.360 e. The smallest absolute Gasteiger partial charge is 0.294 e. The van der Waals surface area contributed by atoms with Crippen molar-refractivity contribution in [2.24, 2.45) is 0 Å². The number of rotatable bonds is 22. The number of unbranched alkanes of at least 4 members (excludes halogenated alkanes) is 6. The number of nitrogens with one attached hydrogen (secondary N) is 1. The van der Waals surface area contributed by atoms with Crippen LogP contribution >= 0.6 is 67.8 Å². The Balaban J connectivity index is 0.000000178. The summed E-state index contributed by atoms with van der Waals surface area (Å²) in [6.45, 7) is 1.81. The van der Waals surface area contributed by atoms with Crippen LogP contribution in [0.15, 0.2) is 219 Å². The van der Waals surface area contributed by atoms with Gasteiger partial charge in [0.05, 0.1) is 6.61 Å². The number of H-pyrrole nitrogens is 1. The molecule has 18 heteroatoms. The molecule has 3 heterocycles. The van der Waals surface area contributed by atoms with E-state index < -0.39 is 10.2 Å². The van der Waals surface area contributed by atoms with Crippen LogP contribution in [0, 0.1) is 20.2 Å². The number of benzene rings is 9. The monoisotopic (exact) mass is 1630 g/mol. The van der Waals surface area contributed by atoms with Crippen LogP contribution in [0.1, 0.15) is 106 Å². The third kappa shape index (κ3) is 18.9. The van der Waals surface area contributed by atoms with Gasteiger partial charge in [0.15, 0.2) is 17.3 Å². The Morgan fingerprint density at radius 3 is 1.16 bits per heavy atom. The molecule has 0 aliphatic heterocycles. The summed E-state index contributed by atoms with van der Waals surface area (Å²) in [4.78, 5) is 65.9. The van der Waals surface area contributed by atoms with Crippen molar-refractivity contribution in [1.82, 2.24) is 14.1 Å². The van der Waals surface area contributed by atoms with E-state index in [0.717, 1.165) is 120 Å². The predicted octanol–water partition coefficient (Wildman–Crippen LogP) is 19.3. The maximum Gasteiger partial charge on any atom is 0.294 e. The molecular formula is C72H68AgI3N5O9. The number of hydrogen-bond donors (Lipinski definition) is 2. The quantitative estimate of drug-likeness (QED) is 0.0126. The van der Waals surface area contributed by atoms with Gasteiger partial charge in [-0.15, -0.1) is 20.2 Å². The fourth-order valence-electron chi connectivity index (χ4n) is 10.8. The molecule has 12 aromatic rings. The fourth-order valence-corrected chi connectivity index (χ4v) is 12.4. The third-order valence-corrected chi connectivity index (χ3v) is 17.3. The first-order valence-corrected chi connectivity index (χ1v) is 34.1. The van der Waals surface area contributed by atoms with E-state index >= 15 is 0 Å². The molecule has 0 saturated heterocycles. The number of aromatic nitrogens is 3. The van der Waals surface area contributed by atoms with Gasteiger partial charge in [-0.2, -0.15) is 0 Å². The van der Waals surface area contributed by atoms with Crippen LogP contribution in [0.3, 0.4) is 0 Å². The van der Waals surface area contributed by atoms with Crippen LogP contribution in [-0.4, -0.2) is 66.7 Å². The van der Waals surface area contributed by atoms with Gasteiger partial charge in [0.1, 0.15) is 0 Å². The number of halogens is 3. The standard InChI is InChI=1S/C24H22INO.C24H22N2O4.C19H13NO.C5H10I2.Ag.HNO3/c25-15-6-1-7-16-26-17-22(20-12-4-5-14-23(20)26)24(27)21-13-8-10-18-9-2-3-11-19(18)21;27-24(21-13-8-10-18-9-2-3-11-19(18)21)22-17-25(23-14-5-4-12-20(22)23)15-6-1-7-16-30-26(28)29;21-19(17-12-20-18-11-4-3-9-15(17)18)16-10-5-7-13-6-1-2-8-14(13)16;6-4-2-1-3-5-7;;2-1(3)4/h2-5,8-14,17H,1,6-7,15-16H2;2-5,8-14,17H,1,6-7,15-16H2;1-12,20H;1-5H2;;(H,2,3,4). The van der Waals surface area contributed by atoms with E-state index in [1.807, 2.05) is 176 Å². The third-order valence-electron chi connectivity index (χ3n) is 15.0. The van der Waals surface area contributed by atoms with Gasteiger partial charge < -0.3 is 24.2 Å². The zero-order valence-corrected chi connectivity index (χ0v) is 57.3. The van der Waals surface area contributed by atoms with Gasteiger partial charge >= 0.3 is 0 Å². The number of carbonyl (C=O) groups excluding carboxylic acids is 3. The van der Waals surface area contributed by atoms with Gasteiger partial charge in [-0.3, -0.25) is 14.4 Å². The summed E-state index contributed by atoms with van der Waals surface area (Å²) in [6, 6.07) is 65.7. The number of carbonyl (C=O) groups is 3. The fraction of sp³-hybridized carbons (Fsp3) is 0.208. The van der Waals surface area contributed by atoms with Crippen molar-refractivity contribution in [3.05, 3.63) is 272 Å². The molecule has 90 heavy (non-hydrogen) atoms. The topological polar surface area (TPSA) is 193 Å². The average Bonchev–Trinajstić information content (AvgIpc) is 1.72. The van der Waals surface area contributed by atoms with Crippen molar-refractivity contribution in [2.75, 3.05) is 19.9 Å². The molecule has 0 fully saturated rings. The van der Waals surface area contributed by atoms with E-state index in [-0.39, 0.29) is 46.3 Å². The number of aromatic amines is 1. The summed E-state index contributed by atoms with van der Waals surface area (Å²) in [6.07, 6.45) is 15.9. The molecule has 14 nitrogen and oxygen atoms in total. The number of fused-ring (bicyclic) bond motifs is 6. The van der Waals surface area contributed by atoms with Crippen LogP contribution < -0.4 is 0 Å². The second-order valence-electron chi connectivity index (χ2n) is 20.9. The summed E-state index contributed by atoms with van der Waals surface area (Å²) in [5.74, 6) is 0.180. The normalized spacial score (nSPS) is 10.7. The molecule has 1 radical (unpaired) electrons. The van der Waals surface area contributed by atoms with E-state index in [1.54, 1.807) is 6.20 Å². The SMILES string of the molecule is ICCCCCI.O=C(c1cccc2ccccc12)c1c[nH]c2ccccc12.O=C(c1cccc2ccccc12)c1cn(CCCCCI)c2ccccc12.O=C(c1cccc2ccccc12)c1cn(CCCCCO[N+](=O)[O-])c2ccccc12.O=[N+]([O-])O.[Ag]. The number of hydrogen-bond acceptors (Lipinski definition) is 8. The van der Waals surface area contributed by atoms with Crippen molar-refractivity contribution in [3.8, 4) is 0 Å². The number of aryl methyl sites for hydroxylation is 2. The molecule has 0 aliphatic rings. The molecule has 2 N–H and O–H groups in total. The van der Waals surface area contributed by atoms with E-state index in [2.05, 4.69) is 123 Å². The van der Waals surface area contributed by atoms with Crippen LogP contribution in [0.25, 0.3) is 65.0 Å². The molecular weight excluding hydrogens is 1570 g/mol. The zero-order chi connectivity index (χ0) is 62.9. The maximum atomic E-state index is 13.5. The van der Waals surface area contributed by atoms with E-state index in [4.69, 9.17) is 15.3 Å². The molecule has 0 amide bonds. The van der Waals surface area contributed by atoms with Crippen LogP contribution in [-0.2, 0) is 40.3 Å². The molecule has 0 spiro atoms. The van der Waals surface area contributed by atoms with Crippen LogP contribution in [0.5, 0.6) is 0 Å². The molecule has 12 rings (SSSR count). The van der Waals surface area contributed by atoms with Gasteiger partial charge in [-0.25, -0.2) is 0 Å². The van der Waals surface area contributed by atoms with Crippen LogP contribution in [0.4, 0.5) is 0 Å². The van der Waals surface area contributed by atoms with Gasteiger partial charge in [0.2, 0.25) is 0 Å².